The molecular formula is C10H15NO3. The standard InChI is InChI=1S/C10H15NO3/c1-2-10(9(13)14)8(12)7-3-5-11(10)6-4-7/h7H,2-6H2,1H3,(H,13,14). The fraction of sp³-hybridized carbons (Fsp3) is 0.800. The van der Waals surface area contributed by atoms with E-state index in [0.717, 1.165) is 25.9 Å². The number of fused-ring (bicyclic) bond motifs is 3. The molecule has 1 N–H and O–H groups in total. The Morgan fingerprint density at radius 2 is 2.14 bits per heavy atom. The van der Waals surface area contributed by atoms with E-state index in [1.807, 2.05) is 4.90 Å². The molecule has 3 aliphatic heterocycles. The van der Waals surface area contributed by atoms with Gasteiger partial charge in [0.1, 0.15) is 0 Å². The average Bonchev–Trinajstić information content (AvgIpc) is 2.19. The van der Waals surface area contributed by atoms with Crippen molar-refractivity contribution < 1.29 is 14.7 Å². The van der Waals surface area contributed by atoms with Crippen molar-refractivity contribution in [2.24, 2.45) is 5.92 Å². The number of nitrogens with zero attached hydrogens (tertiary/aromatic N) is 1. The Labute approximate surface area is 82.9 Å². The molecule has 3 saturated heterocycles. The lowest BCUT2D eigenvalue weighted by atomic mass is 9.72. The summed E-state index contributed by atoms with van der Waals surface area (Å²) in [4.78, 5) is 25.0. The van der Waals surface area contributed by atoms with Gasteiger partial charge in [-0.3, -0.25) is 9.69 Å². The molecular weight excluding hydrogens is 182 g/mol. The molecule has 78 valence electrons. The third kappa shape index (κ3) is 0.974. The lowest BCUT2D eigenvalue weighted by Crippen LogP contribution is -2.68. The van der Waals surface area contributed by atoms with Gasteiger partial charge in [-0.15, -0.1) is 0 Å². The average molecular weight is 197 g/mol. The number of carboxylic acid groups (broad SMARTS) is 1. The Bertz CT molecular complexity index is 281. The second-order valence-electron chi connectivity index (χ2n) is 4.14. The maximum atomic E-state index is 12.0. The second kappa shape index (κ2) is 3.05. The highest BCUT2D eigenvalue weighted by molar-refractivity contribution is 6.09. The summed E-state index contributed by atoms with van der Waals surface area (Å²) in [5.74, 6) is -1.03. The van der Waals surface area contributed by atoms with Crippen LogP contribution in [0.25, 0.3) is 0 Å². The highest BCUT2D eigenvalue weighted by Gasteiger charge is 2.56. The fourth-order valence-corrected chi connectivity index (χ4v) is 2.81. The van der Waals surface area contributed by atoms with Crippen molar-refractivity contribution in [3.63, 3.8) is 0 Å². The van der Waals surface area contributed by atoms with Gasteiger partial charge in [0.2, 0.25) is 0 Å². The summed E-state index contributed by atoms with van der Waals surface area (Å²) in [6, 6.07) is 0. The number of carbonyl (C=O) groups excluding carboxylic acids is 1. The molecule has 3 rings (SSSR count). The highest BCUT2D eigenvalue weighted by Crippen LogP contribution is 2.38. The third-order valence-electron chi connectivity index (χ3n) is 3.68. The van der Waals surface area contributed by atoms with Crippen molar-refractivity contribution in [2.45, 2.75) is 31.7 Å². The summed E-state index contributed by atoms with van der Waals surface area (Å²) in [5, 5.41) is 9.22. The van der Waals surface area contributed by atoms with Gasteiger partial charge in [-0.25, -0.2) is 4.79 Å². The van der Waals surface area contributed by atoms with E-state index in [2.05, 4.69) is 0 Å². The van der Waals surface area contributed by atoms with Crippen LogP contribution in [-0.4, -0.2) is 40.4 Å². The molecule has 3 heterocycles. The monoisotopic (exact) mass is 197 g/mol. The first-order valence-corrected chi connectivity index (χ1v) is 5.15. The van der Waals surface area contributed by atoms with Gasteiger partial charge >= 0.3 is 5.97 Å². The Morgan fingerprint density at radius 1 is 1.57 bits per heavy atom. The van der Waals surface area contributed by atoms with E-state index >= 15 is 0 Å². The quantitative estimate of drug-likeness (QED) is 0.655. The summed E-state index contributed by atoms with van der Waals surface area (Å²) in [5.41, 5.74) is -1.19. The third-order valence-corrected chi connectivity index (χ3v) is 3.68. The zero-order valence-electron chi connectivity index (χ0n) is 8.32. The Kier molecular flexibility index (Phi) is 2.10. The maximum absolute atomic E-state index is 12.0. The number of carboxylic acids is 1. The largest absolute Gasteiger partial charge is 0.480 e. The number of hydrogen-bond donors (Lipinski definition) is 1. The minimum atomic E-state index is -1.19. The van der Waals surface area contributed by atoms with E-state index in [1.165, 1.54) is 0 Å². The molecule has 3 fully saturated rings. The van der Waals surface area contributed by atoms with Gasteiger partial charge in [-0.1, -0.05) is 6.92 Å². The number of piperidine rings is 3. The molecule has 4 nitrogen and oxygen atoms in total. The summed E-state index contributed by atoms with van der Waals surface area (Å²) in [6.45, 7) is 3.31. The molecule has 4 heteroatoms. The van der Waals surface area contributed by atoms with Crippen LogP contribution < -0.4 is 0 Å². The van der Waals surface area contributed by atoms with Crippen LogP contribution in [0, 0.1) is 5.92 Å². The Balaban J connectivity index is 2.41. The molecule has 0 saturated carbocycles. The molecule has 0 radical (unpaired) electrons. The molecule has 1 atom stereocenters. The van der Waals surface area contributed by atoms with Crippen molar-refractivity contribution in [2.75, 3.05) is 13.1 Å². The first kappa shape index (κ1) is 9.65. The molecule has 3 aliphatic rings. The van der Waals surface area contributed by atoms with Crippen molar-refractivity contribution in [3.05, 3.63) is 0 Å². The molecule has 0 aliphatic carbocycles. The zero-order chi connectivity index (χ0) is 10.3. The normalized spacial score (nSPS) is 41.4. The van der Waals surface area contributed by atoms with Crippen molar-refractivity contribution in [1.29, 1.82) is 0 Å². The fourth-order valence-electron chi connectivity index (χ4n) is 2.81. The van der Waals surface area contributed by atoms with Crippen molar-refractivity contribution in [3.8, 4) is 0 Å². The molecule has 0 spiro atoms. The number of rotatable bonds is 2. The van der Waals surface area contributed by atoms with Crippen LogP contribution >= 0.6 is 0 Å². The van der Waals surface area contributed by atoms with Gasteiger partial charge in [-0.2, -0.15) is 0 Å². The first-order valence-electron chi connectivity index (χ1n) is 5.15. The van der Waals surface area contributed by atoms with Crippen LogP contribution in [0.3, 0.4) is 0 Å². The summed E-state index contributed by atoms with van der Waals surface area (Å²) >= 11 is 0. The van der Waals surface area contributed by atoms with Crippen LogP contribution in [0.2, 0.25) is 0 Å². The van der Waals surface area contributed by atoms with E-state index in [9.17, 15) is 14.7 Å². The van der Waals surface area contributed by atoms with Gasteiger partial charge < -0.3 is 5.11 Å². The molecule has 1 unspecified atom stereocenters. The van der Waals surface area contributed by atoms with E-state index in [0.29, 0.717) is 6.42 Å². The second-order valence-corrected chi connectivity index (χ2v) is 4.14. The SMILES string of the molecule is CCC1(C(=O)O)C(=O)C2CCN1CC2. The van der Waals surface area contributed by atoms with Crippen molar-refractivity contribution >= 4 is 11.8 Å². The minimum absolute atomic E-state index is 0.00366. The van der Waals surface area contributed by atoms with Crippen molar-refractivity contribution in [1.82, 2.24) is 4.90 Å². The lowest BCUT2D eigenvalue weighted by molar-refractivity contribution is -0.169. The summed E-state index contributed by atoms with van der Waals surface area (Å²) in [6.07, 6.45) is 2.07. The molecule has 2 bridgehead atoms. The van der Waals surface area contributed by atoms with Gasteiger partial charge in [0.15, 0.2) is 11.3 Å². The molecule has 0 amide bonds. The van der Waals surface area contributed by atoms with E-state index < -0.39 is 11.5 Å². The summed E-state index contributed by atoms with van der Waals surface area (Å²) < 4.78 is 0. The molecule has 14 heavy (non-hydrogen) atoms. The number of hydrogen-bond acceptors (Lipinski definition) is 3. The summed E-state index contributed by atoms with van der Waals surface area (Å²) in [7, 11) is 0. The van der Waals surface area contributed by atoms with Gasteiger partial charge in [0.25, 0.3) is 0 Å². The van der Waals surface area contributed by atoms with Gasteiger partial charge in [0, 0.05) is 19.0 Å². The van der Waals surface area contributed by atoms with Gasteiger partial charge in [-0.05, 0) is 19.3 Å². The van der Waals surface area contributed by atoms with E-state index in [-0.39, 0.29) is 11.7 Å². The first-order chi connectivity index (χ1) is 6.63. The molecule has 0 aromatic carbocycles. The molecule has 0 aromatic rings. The Morgan fingerprint density at radius 3 is 2.43 bits per heavy atom. The number of aliphatic carboxylic acids is 1. The minimum Gasteiger partial charge on any atom is -0.480 e. The number of ketones is 1. The van der Waals surface area contributed by atoms with E-state index in [4.69, 9.17) is 0 Å². The predicted octanol–water partition coefficient (Wildman–Crippen LogP) is 0.514. The van der Waals surface area contributed by atoms with Crippen LogP contribution in [-0.2, 0) is 9.59 Å². The van der Waals surface area contributed by atoms with Crippen LogP contribution in [0.1, 0.15) is 26.2 Å². The van der Waals surface area contributed by atoms with E-state index in [1.54, 1.807) is 6.92 Å². The predicted molar refractivity (Wildman–Crippen MR) is 50.0 cm³/mol. The topological polar surface area (TPSA) is 57.6 Å². The Hall–Kier alpha value is -0.900. The van der Waals surface area contributed by atoms with Crippen LogP contribution in [0.5, 0.6) is 0 Å². The van der Waals surface area contributed by atoms with Gasteiger partial charge in [0.05, 0.1) is 0 Å². The molecule has 0 aromatic heterocycles. The lowest BCUT2D eigenvalue weighted by Gasteiger charge is -2.49. The highest BCUT2D eigenvalue weighted by atomic mass is 16.4. The number of carbonyl (C=O) groups is 2. The smallest absolute Gasteiger partial charge is 0.331 e. The maximum Gasteiger partial charge on any atom is 0.331 e. The number of Topliss-reactive ketones (excluding diaryl/α,β-unsaturated/α-hetero) is 1. The van der Waals surface area contributed by atoms with Crippen LogP contribution in [0.4, 0.5) is 0 Å². The zero-order valence-corrected chi connectivity index (χ0v) is 8.32. The van der Waals surface area contributed by atoms with Crippen LogP contribution in [0.15, 0.2) is 0 Å².